The molecule has 0 amide bonds. The van der Waals surface area contributed by atoms with E-state index in [1.807, 2.05) is 0 Å². The molecule has 0 aromatic carbocycles. The molecule has 1 aromatic heterocycles. The SMILES string of the molecule is Nc1ccc2c(n1)C1(CCC(F)(F)CC1)CO2. The summed E-state index contributed by atoms with van der Waals surface area (Å²) in [5.74, 6) is -1.41. The second-order valence-electron chi connectivity index (χ2n) is 5.01. The van der Waals surface area contributed by atoms with Gasteiger partial charge >= 0.3 is 0 Å². The molecule has 0 bridgehead atoms. The molecular formula is C12H14F2N2O. The molecule has 92 valence electrons. The summed E-state index contributed by atoms with van der Waals surface area (Å²) in [7, 11) is 0. The lowest BCUT2D eigenvalue weighted by Crippen LogP contribution is -2.38. The molecule has 1 aromatic rings. The van der Waals surface area contributed by atoms with Gasteiger partial charge in [-0.3, -0.25) is 0 Å². The number of nitrogens with two attached hydrogens (primary N) is 1. The lowest BCUT2D eigenvalue weighted by Gasteiger charge is -2.35. The van der Waals surface area contributed by atoms with Crippen LogP contribution in [0.1, 0.15) is 31.4 Å². The van der Waals surface area contributed by atoms with Gasteiger partial charge in [0, 0.05) is 12.8 Å². The molecule has 0 atom stereocenters. The van der Waals surface area contributed by atoms with Crippen molar-refractivity contribution in [3.63, 3.8) is 0 Å². The summed E-state index contributed by atoms with van der Waals surface area (Å²) in [5, 5.41) is 0. The summed E-state index contributed by atoms with van der Waals surface area (Å²) in [6, 6.07) is 3.45. The number of alkyl halides is 2. The monoisotopic (exact) mass is 240 g/mol. The van der Waals surface area contributed by atoms with Gasteiger partial charge in [-0.2, -0.15) is 0 Å². The first-order valence-corrected chi connectivity index (χ1v) is 5.79. The number of nitrogen functional groups attached to an aromatic ring is 1. The maximum Gasteiger partial charge on any atom is 0.248 e. The first-order valence-electron chi connectivity index (χ1n) is 5.79. The predicted octanol–water partition coefficient (Wildman–Crippen LogP) is 2.50. The number of nitrogens with zero attached hydrogens (tertiary/aromatic N) is 1. The van der Waals surface area contributed by atoms with Crippen molar-refractivity contribution >= 4 is 5.82 Å². The fourth-order valence-electron chi connectivity index (χ4n) is 2.72. The van der Waals surface area contributed by atoms with Crippen LogP contribution >= 0.6 is 0 Å². The van der Waals surface area contributed by atoms with Crippen LogP contribution in [-0.2, 0) is 5.41 Å². The maximum atomic E-state index is 13.2. The second-order valence-corrected chi connectivity index (χ2v) is 5.01. The summed E-state index contributed by atoms with van der Waals surface area (Å²) >= 11 is 0. The Morgan fingerprint density at radius 3 is 2.59 bits per heavy atom. The fourth-order valence-corrected chi connectivity index (χ4v) is 2.72. The minimum absolute atomic E-state index is 0.0910. The Morgan fingerprint density at radius 2 is 1.88 bits per heavy atom. The molecule has 1 saturated carbocycles. The molecule has 2 aliphatic rings. The zero-order chi connectivity index (χ0) is 12.1. The van der Waals surface area contributed by atoms with Crippen LogP contribution in [0.25, 0.3) is 0 Å². The highest BCUT2D eigenvalue weighted by molar-refractivity contribution is 5.45. The number of hydrogen-bond acceptors (Lipinski definition) is 3. The lowest BCUT2D eigenvalue weighted by molar-refractivity contribution is -0.0543. The van der Waals surface area contributed by atoms with E-state index in [-0.39, 0.29) is 18.3 Å². The van der Waals surface area contributed by atoms with Crippen LogP contribution in [0.4, 0.5) is 14.6 Å². The number of rotatable bonds is 0. The van der Waals surface area contributed by atoms with Crippen molar-refractivity contribution in [2.45, 2.75) is 37.0 Å². The third-order valence-electron chi connectivity index (χ3n) is 3.82. The van der Waals surface area contributed by atoms with Crippen molar-refractivity contribution in [3.8, 4) is 5.75 Å². The van der Waals surface area contributed by atoms with Gasteiger partial charge in [0.1, 0.15) is 11.6 Å². The Kier molecular flexibility index (Phi) is 2.09. The van der Waals surface area contributed by atoms with E-state index >= 15 is 0 Å². The van der Waals surface area contributed by atoms with E-state index in [0.717, 1.165) is 5.69 Å². The zero-order valence-electron chi connectivity index (χ0n) is 9.38. The molecule has 3 rings (SSSR count). The summed E-state index contributed by atoms with van der Waals surface area (Å²) in [4.78, 5) is 4.29. The van der Waals surface area contributed by atoms with Crippen molar-refractivity contribution in [1.29, 1.82) is 0 Å². The zero-order valence-corrected chi connectivity index (χ0v) is 9.38. The van der Waals surface area contributed by atoms with E-state index < -0.39 is 5.92 Å². The molecule has 2 N–H and O–H groups in total. The van der Waals surface area contributed by atoms with Crippen LogP contribution in [0.15, 0.2) is 12.1 Å². The number of fused-ring (bicyclic) bond motifs is 2. The van der Waals surface area contributed by atoms with Crippen LogP contribution in [0.5, 0.6) is 5.75 Å². The van der Waals surface area contributed by atoms with E-state index in [1.165, 1.54) is 0 Å². The van der Waals surface area contributed by atoms with Gasteiger partial charge in [-0.05, 0) is 25.0 Å². The third-order valence-corrected chi connectivity index (χ3v) is 3.82. The smallest absolute Gasteiger partial charge is 0.248 e. The van der Waals surface area contributed by atoms with Crippen LogP contribution < -0.4 is 10.5 Å². The summed E-state index contributed by atoms with van der Waals surface area (Å²) in [5.41, 5.74) is 6.09. The molecular weight excluding hydrogens is 226 g/mol. The Morgan fingerprint density at radius 1 is 1.18 bits per heavy atom. The van der Waals surface area contributed by atoms with Crippen LogP contribution in [0.2, 0.25) is 0 Å². The lowest BCUT2D eigenvalue weighted by atomic mass is 9.72. The third kappa shape index (κ3) is 1.64. The van der Waals surface area contributed by atoms with Gasteiger partial charge in [0.05, 0.1) is 17.7 Å². The van der Waals surface area contributed by atoms with Gasteiger partial charge in [-0.1, -0.05) is 0 Å². The van der Waals surface area contributed by atoms with Crippen molar-refractivity contribution in [1.82, 2.24) is 4.98 Å². The molecule has 0 saturated heterocycles. The largest absolute Gasteiger partial charge is 0.491 e. The average Bonchev–Trinajstić information content (AvgIpc) is 2.63. The molecule has 17 heavy (non-hydrogen) atoms. The summed E-state index contributed by atoms with van der Waals surface area (Å²) in [6.07, 6.45) is 0.658. The molecule has 2 heterocycles. The Bertz CT molecular complexity index is 452. The topological polar surface area (TPSA) is 48.1 Å². The predicted molar refractivity (Wildman–Crippen MR) is 59.2 cm³/mol. The number of ether oxygens (including phenoxy) is 1. The van der Waals surface area contributed by atoms with Crippen molar-refractivity contribution < 1.29 is 13.5 Å². The van der Waals surface area contributed by atoms with Gasteiger partial charge < -0.3 is 10.5 Å². The second kappa shape index (κ2) is 3.31. The summed E-state index contributed by atoms with van der Waals surface area (Å²) < 4.78 is 32.0. The first kappa shape index (κ1) is 10.7. The minimum Gasteiger partial charge on any atom is -0.491 e. The highest BCUT2D eigenvalue weighted by atomic mass is 19.3. The molecule has 3 nitrogen and oxygen atoms in total. The maximum absolute atomic E-state index is 13.2. The van der Waals surface area contributed by atoms with Gasteiger partial charge in [-0.25, -0.2) is 13.8 Å². The molecule has 5 heteroatoms. The van der Waals surface area contributed by atoms with Gasteiger partial charge in [0.2, 0.25) is 5.92 Å². The molecule has 1 spiro atoms. The summed E-state index contributed by atoms with van der Waals surface area (Å²) in [6.45, 7) is 0.453. The number of halogens is 2. The number of pyridine rings is 1. The van der Waals surface area contributed by atoms with E-state index in [9.17, 15) is 8.78 Å². The fraction of sp³-hybridized carbons (Fsp3) is 0.583. The quantitative estimate of drug-likeness (QED) is 0.758. The van der Waals surface area contributed by atoms with Gasteiger partial charge in [-0.15, -0.1) is 0 Å². The van der Waals surface area contributed by atoms with Crippen LogP contribution in [-0.4, -0.2) is 17.5 Å². The van der Waals surface area contributed by atoms with E-state index in [0.29, 0.717) is 31.0 Å². The normalized spacial score (nSPS) is 24.4. The van der Waals surface area contributed by atoms with Gasteiger partial charge in [0.15, 0.2) is 0 Å². The molecule has 1 aliphatic carbocycles. The van der Waals surface area contributed by atoms with E-state index in [1.54, 1.807) is 12.1 Å². The van der Waals surface area contributed by atoms with Gasteiger partial charge in [0.25, 0.3) is 0 Å². The highest BCUT2D eigenvalue weighted by Gasteiger charge is 2.49. The number of anilines is 1. The van der Waals surface area contributed by atoms with Crippen molar-refractivity contribution in [2.24, 2.45) is 0 Å². The Balaban J connectivity index is 1.95. The molecule has 1 aliphatic heterocycles. The first-order chi connectivity index (χ1) is 8.01. The standard InChI is InChI=1S/C12H14F2N2O/c13-12(14)5-3-11(4-6-12)7-17-8-1-2-9(15)16-10(8)11/h1-2H,3-7H2,(H2,15,16). The van der Waals surface area contributed by atoms with E-state index in [2.05, 4.69) is 4.98 Å². The Hall–Kier alpha value is -1.39. The van der Waals surface area contributed by atoms with Crippen molar-refractivity contribution in [3.05, 3.63) is 17.8 Å². The minimum atomic E-state index is -2.53. The number of hydrogen-bond donors (Lipinski definition) is 1. The Labute approximate surface area is 98.0 Å². The average molecular weight is 240 g/mol. The van der Waals surface area contributed by atoms with Crippen molar-refractivity contribution in [2.75, 3.05) is 12.3 Å². The molecule has 1 fully saturated rings. The molecule has 0 unspecified atom stereocenters. The van der Waals surface area contributed by atoms with Crippen LogP contribution in [0, 0.1) is 0 Å². The molecule has 0 radical (unpaired) electrons. The van der Waals surface area contributed by atoms with E-state index in [4.69, 9.17) is 10.5 Å². The number of aromatic nitrogens is 1. The highest BCUT2D eigenvalue weighted by Crippen LogP contribution is 2.50. The van der Waals surface area contributed by atoms with Crippen LogP contribution in [0.3, 0.4) is 0 Å².